The van der Waals surface area contributed by atoms with Crippen molar-refractivity contribution in [3.8, 4) is 0 Å². The molecule has 1 fully saturated rings. The largest absolute Gasteiger partial charge is 0.477 e. The van der Waals surface area contributed by atoms with Gasteiger partial charge in [-0.3, -0.25) is 4.79 Å². The lowest BCUT2D eigenvalue weighted by Crippen LogP contribution is -2.43. The summed E-state index contributed by atoms with van der Waals surface area (Å²) in [5.41, 5.74) is 0.921. The number of nitrogens with zero attached hydrogens (tertiary/aromatic N) is 2. The Balaban J connectivity index is 0.00000150. The van der Waals surface area contributed by atoms with Gasteiger partial charge >= 0.3 is 5.97 Å². The average molecular weight is 410 g/mol. The van der Waals surface area contributed by atoms with Gasteiger partial charge in [-0.1, -0.05) is 6.92 Å². The van der Waals surface area contributed by atoms with Crippen LogP contribution in [0.3, 0.4) is 0 Å². The summed E-state index contributed by atoms with van der Waals surface area (Å²) in [5, 5.41) is 19.5. The minimum absolute atomic E-state index is 0. The number of rotatable bonds is 2. The smallest absolute Gasteiger partial charge is 0.341 e. The normalized spacial score (nSPS) is 23.3. The summed E-state index contributed by atoms with van der Waals surface area (Å²) in [6.07, 6.45) is 2.94. The summed E-state index contributed by atoms with van der Waals surface area (Å²) in [6.45, 7) is 5.01. The van der Waals surface area contributed by atoms with Gasteiger partial charge in [-0.15, -0.1) is 0 Å². The summed E-state index contributed by atoms with van der Waals surface area (Å²) < 4.78 is 17.0. The van der Waals surface area contributed by atoms with E-state index in [2.05, 4.69) is 0 Å². The summed E-state index contributed by atoms with van der Waals surface area (Å²) in [5.74, 6) is -1.77. The minimum Gasteiger partial charge on any atom is -0.477 e. The first-order chi connectivity index (χ1) is 12.8. The molecule has 0 bridgehead atoms. The highest BCUT2D eigenvalue weighted by molar-refractivity contribution is 5.95. The van der Waals surface area contributed by atoms with Gasteiger partial charge < -0.3 is 30.6 Å². The van der Waals surface area contributed by atoms with Crippen molar-refractivity contribution in [3.05, 3.63) is 39.4 Å². The van der Waals surface area contributed by atoms with E-state index in [1.165, 1.54) is 12.3 Å². The highest BCUT2D eigenvalue weighted by Crippen LogP contribution is 2.39. The molecular weight excluding hydrogens is 383 g/mol. The lowest BCUT2D eigenvalue weighted by Gasteiger charge is -2.38. The number of aliphatic hydroxyl groups is 1. The number of hydrogen-bond donors (Lipinski definition) is 2. The molecule has 0 saturated carbocycles. The second-order valence-electron chi connectivity index (χ2n) is 7.83. The van der Waals surface area contributed by atoms with E-state index >= 15 is 4.39 Å². The molecule has 1 aromatic heterocycles. The Kier molecular flexibility index (Phi) is 6.36. The lowest BCUT2D eigenvalue weighted by atomic mass is 9.91. The molecule has 4 rings (SSSR count). The molecule has 0 amide bonds. The number of anilines is 1. The Morgan fingerprint density at radius 1 is 1.24 bits per heavy atom. The molecule has 3 atom stereocenters. The van der Waals surface area contributed by atoms with Crippen molar-refractivity contribution in [1.29, 1.82) is 0 Å². The first-order valence-corrected chi connectivity index (χ1v) is 9.36. The molecule has 6 N–H and O–H groups in total. The standard InChI is InChI=1S/C20H23FN2O4.2H2O/c1-10-8-22(6-5-16(10)24)18-12-4-3-11(2)23-9-14(20(26)27)19(25)13(17(12)23)7-15(18)21;;/h7,9-11,16,24H,3-6,8H2,1-2H3,(H,26,27);2*1H2/t10?,11?,16-;;/m0../s1. The second-order valence-corrected chi connectivity index (χ2v) is 7.83. The number of aromatic nitrogens is 1. The molecular formula is C20H27FN2O6. The zero-order valence-electron chi connectivity index (χ0n) is 16.4. The molecule has 9 heteroatoms. The number of pyridine rings is 1. The van der Waals surface area contributed by atoms with E-state index in [4.69, 9.17) is 0 Å². The highest BCUT2D eigenvalue weighted by Gasteiger charge is 2.31. The molecule has 160 valence electrons. The molecule has 1 saturated heterocycles. The molecule has 0 aliphatic carbocycles. The third kappa shape index (κ3) is 3.50. The number of benzene rings is 1. The molecule has 2 unspecified atom stereocenters. The van der Waals surface area contributed by atoms with Crippen LogP contribution in [0.25, 0.3) is 10.9 Å². The third-order valence-corrected chi connectivity index (χ3v) is 6.03. The van der Waals surface area contributed by atoms with Crippen LogP contribution in [-0.2, 0) is 6.42 Å². The predicted molar refractivity (Wildman–Crippen MR) is 107 cm³/mol. The number of halogens is 1. The first-order valence-electron chi connectivity index (χ1n) is 9.36. The lowest BCUT2D eigenvalue weighted by molar-refractivity contribution is 0.0694. The Hall–Kier alpha value is -2.49. The van der Waals surface area contributed by atoms with Gasteiger partial charge in [0.2, 0.25) is 5.43 Å². The number of carboxylic acids is 1. The summed E-state index contributed by atoms with van der Waals surface area (Å²) >= 11 is 0. The molecule has 1 aromatic carbocycles. The number of aryl methyl sites for hydroxylation is 1. The molecule has 2 aliphatic heterocycles. The average Bonchev–Trinajstić information content (AvgIpc) is 2.61. The van der Waals surface area contributed by atoms with Crippen LogP contribution in [-0.4, -0.2) is 50.9 Å². The van der Waals surface area contributed by atoms with Crippen molar-refractivity contribution >= 4 is 22.6 Å². The monoisotopic (exact) mass is 410 g/mol. The molecule has 2 aliphatic rings. The molecule has 3 heterocycles. The van der Waals surface area contributed by atoms with Crippen molar-refractivity contribution in [2.45, 2.75) is 45.3 Å². The summed E-state index contributed by atoms with van der Waals surface area (Å²) in [7, 11) is 0. The van der Waals surface area contributed by atoms with Gasteiger partial charge in [-0.05, 0) is 38.2 Å². The van der Waals surface area contributed by atoms with Gasteiger partial charge in [0.05, 0.1) is 17.3 Å². The number of piperidine rings is 1. The molecule has 0 spiro atoms. The first kappa shape index (κ1) is 22.8. The third-order valence-electron chi connectivity index (χ3n) is 6.03. The number of aliphatic hydroxyl groups excluding tert-OH is 1. The van der Waals surface area contributed by atoms with Gasteiger partial charge in [-0.25, -0.2) is 9.18 Å². The maximum Gasteiger partial charge on any atom is 0.341 e. The number of carboxylic acid groups (broad SMARTS) is 1. The van der Waals surface area contributed by atoms with Crippen molar-refractivity contribution in [1.82, 2.24) is 4.57 Å². The SMILES string of the molecule is CC1CN(c2c(F)cc3c(=O)c(C(=O)O)cn4c3c2CCC4C)CC[C@@H]1O.O.O. The number of aromatic carboxylic acids is 1. The number of carbonyl (C=O) groups is 1. The van der Waals surface area contributed by atoms with Crippen LogP contribution in [0.15, 0.2) is 17.1 Å². The van der Waals surface area contributed by atoms with E-state index < -0.39 is 23.3 Å². The van der Waals surface area contributed by atoms with E-state index in [0.717, 1.165) is 12.0 Å². The van der Waals surface area contributed by atoms with Crippen molar-refractivity contribution in [2.24, 2.45) is 5.92 Å². The summed E-state index contributed by atoms with van der Waals surface area (Å²) in [6, 6.07) is 1.21. The minimum atomic E-state index is -1.30. The Labute approximate surface area is 166 Å². The summed E-state index contributed by atoms with van der Waals surface area (Å²) in [4.78, 5) is 26.1. The zero-order chi connectivity index (χ0) is 19.5. The Bertz CT molecular complexity index is 1000. The van der Waals surface area contributed by atoms with Crippen LogP contribution in [0.4, 0.5) is 10.1 Å². The van der Waals surface area contributed by atoms with Gasteiger partial charge in [-0.2, -0.15) is 0 Å². The van der Waals surface area contributed by atoms with Gasteiger partial charge in [0, 0.05) is 36.3 Å². The van der Waals surface area contributed by atoms with E-state index in [9.17, 15) is 19.8 Å². The van der Waals surface area contributed by atoms with Crippen molar-refractivity contribution in [3.63, 3.8) is 0 Å². The fourth-order valence-corrected chi connectivity index (χ4v) is 4.46. The Morgan fingerprint density at radius 2 is 1.93 bits per heavy atom. The topological polar surface area (TPSA) is 146 Å². The van der Waals surface area contributed by atoms with Crippen LogP contribution in [0.1, 0.15) is 48.7 Å². The van der Waals surface area contributed by atoms with Crippen LogP contribution in [0.2, 0.25) is 0 Å². The predicted octanol–water partition coefficient (Wildman–Crippen LogP) is 0.904. The fourth-order valence-electron chi connectivity index (χ4n) is 4.46. The van der Waals surface area contributed by atoms with Crippen LogP contribution < -0.4 is 10.3 Å². The van der Waals surface area contributed by atoms with E-state index in [0.29, 0.717) is 37.1 Å². The van der Waals surface area contributed by atoms with Gasteiger partial charge in [0.15, 0.2) is 0 Å². The quantitative estimate of drug-likeness (QED) is 0.755. The van der Waals surface area contributed by atoms with Gasteiger partial charge in [0.1, 0.15) is 11.4 Å². The van der Waals surface area contributed by atoms with E-state index in [1.807, 2.05) is 23.3 Å². The number of hydrogen-bond acceptors (Lipinski definition) is 4. The molecule has 0 radical (unpaired) electrons. The van der Waals surface area contributed by atoms with E-state index in [-0.39, 0.29) is 33.9 Å². The Morgan fingerprint density at radius 3 is 2.55 bits per heavy atom. The van der Waals surface area contributed by atoms with Gasteiger partial charge in [0.25, 0.3) is 0 Å². The molecule has 2 aromatic rings. The molecule has 8 nitrogen and oxygen atoms in total. The van der Waals surface area contributed by atoms with Crippen LogP contribution in [0, 0.1) is 11.7 Å². The zero-order valence-corrected chi connectivity index (χ0v) is 16.4. The maximum atomic E-state index is 15.1. The second kappa shape index (κ2) is 8.10. The van der Waals surface area contributed by atoms with Crippen molar-refractivity contribution in [2.75, 3.05) is 18.0 Å². The fraction of sp³-hybridized carbons (Fsp3) is 0.500. The molecule has 29 heavy (non-hydrogen) atoms. The highest BCUT2D eigenvalue weighted by atomic mass is 19.1. The maximum absolute atomic E-state index is 15.1. The van der Waals surface area contributed by atoms with Crippen molar-refractivity contribution < 1.29 is 30.4 Å². The van der Waals surface area contributed by atoms with E-state index in [1.54, 1.807) is 0 Å². The van der Waals surface area contributed by atoms with Crippen LogP contribution in [0.5, 0.6) is 0 Å². The van der Waals surface area contributed by atoms with Crippen LogP contribution >= 0.6 is 0 Å².